The van der Waals surface area contributed by atoms with Gasteiger partial charge >= 0.3 is 0 Å². The van der Waals surface area contributed by atoms with Gasteiger partial charge in [0.05, 0.1) is 30.2 Å². The molecule has 0 saturated carbocycles. The fraction of sp³-hybridized carbons (Fsp3) is 0.441. The van der Waals surface area contributed by atoms with Crippen LogP contribution in [0.2, 0.25) is 5.02 Å². The third kappa shape index (κ3) is 5.68. The van der Waals surface area contributed by atoms with Crippen LogP contribution in [0, 0.1) is 5.82 Å². The van der Waals surface area contributed by atoms with E-state index in [1.165, 1.54) is 13.2 Å². The zero-order valence-corrected chi connectivity index (χ0v) is 25.7. The summed E-state index contributed by atoms with van der Waals surface area (Å²) in [7, 11) is 1.49. The molecular weight excluding hydrogens is 585 g/mol. The van der Waals surface area contributed by atoms with E-state index in [1.807, 2.05) is 30.3 Å². The van der Waals surface area contributed by atoms with Gasteiger partial charge in [-0.05, 0) is 69.0 Å². The first-order chi connectivity index (χ1) is 21.4. The monoisotopic (exact) mass is 621 g/mol. The maximum absolute atomic E-state index is 14.7. The first kappa shape index (κ1) is 29.5. The number of aliphatic hydroxyl groups is 1. The van der Waals surface area contributed by atoms with E-state index in [-0.39, 0.29) is 24.7 Å². The summed E-state index contributed by atoms with van der Waals surface area (Å²) in [5.41, 5.74) is 4.12. The van der Waals surface area contributed by atoms with Crippen molar-refractivity contribution in [2.24, 2.45) is 0 Å². The van der Waals surface area contributed by atoms with Gasteiger partial charge in [-0.2, -0.15) is 0 Å². The Bertz CT molecular complexity index is 1660. The molecule has 44 heavy (non-hydrogen) atoms. The molecule has 3 aliphatic heterocycles. The van der Waals surface area contributed by atoms with Gasteiger partial charge in [0.1, 0.15) is 18.2 Å². The number of halogens is 2. The molecular formula is C34H37ClFN3O5. The van der Waals surface area contributed by atoms with Crippen molar-refractivity contribution in [2.75, 3.05) is 26.9 Å². The highest BCUT2D eigenvalue weighted by Crippen LogP contribution is 2.45. The van der Waals surface area contributed by atoms with Gasteiger partial charge in [0, 0.05) is 41.5 Å². The number of likely N-dealkylation sites (tertiary alicyclic amines) is 1. The minimum Gasteiger partial charge on any atom is -0.485 e. The number of aliphatic hydroxyl groups excluding tert-OH is 1. The van der Waals surface area contributed by atoms with Crippen LogP contribution in [0.25, 0.3) is 11.0 Å². The normalized spacial score (nSPS) is 24.3. The number of ether oxygens (including phenoxy) is 4. The van der Waals surface area contributed by atoms with E-state index in [0.717, 1.165) is 61.4 Å². The van der Waals surface area contributed by atoms with Gasteiger partial charge in [-0.15, -0.1) is 0 Å². The van der Waals surface area contributed by atoms with Crippen molar-refractivity contribution in [3.05, 3.63) is 88.0 Å². The summed E-state index contributed by atoms with van der Waals surface area (Å²) in [5.74, 6) is 2.28. The SMILES string of the molecule is COC(O)c1ccc2nc(CN3CCC(c4cccc5c4O[C@@H](c4ccc(Cl)cc4F)CO5)C[C@@H]3C)n(C[C@@H]3CCO3)c2c1. The standard InChI is InChI=1S/C34H37ClFN3O5/c1-20-14-21(25-4-3-5-30-33(25)44-31(19-43-30)26-8-7-23(35)16-27(26)36)10-12-38(20)18-32-37-28-9-6-22(34(40)41-2)15-29(28)39(32)17-24-11-13-42-24/h3-9,15-16,20-21,24,31,34,40H,10-14,17-19H2,1-2H3/t20-,21?,24-,31+,34?/m0/s1. The summed E-state index contributed by atoms with van der Waals surface area (Å²) in [5, 5.41) is 10.6. The molecule has 7 rings (SSSR count). The fourth-order valence-electron chi connectivity index (χ4n) is 6.71. The number of para-hydroxylation sites is 1. The second kappa shape index (κ2) is 12.3. The maximum atomic E-state index is 14.7. The molecule has 3 aromatic carbocycles. The van der Waals surface area contributed by atoms with Crippen LogP contribution >= 0.6 is 11.6 Å². The van der Waals surface area contributed by atoms with Crippen LogP contribution in [0.15, 0.2) is 54.6 Å². The second-order valence-electron chi connectivity index (χ2n) is 12.1. The molecule has 0 bridgehead atoms. The number of benzene rings is 3. The van der Waals surface area contributed by atoms with E-state index < -0.39 is 18.2 Å². The largest absolute Gasteiger partial charge is 0.485 e. The Balaban J connectivity index is 1.10. The molecule has 3 aliphatic rings. The second-order valence-corrected chi connectivity index (χ2v) is 12.5. The van der Waals surface area contributed by atoms with Crippen molar-refractivity contribution in [3.8, 4) is 11.5 Å². The molecule has 10 heteroatoms. The van der Waals surface area contributed by atoms with E-state index in [0.29, 0.717) is 34.2 Å². The van der Waals surface area contributed by atoms with Crippen LogP contribution in [0.4, 0.5) is 4.39 Å². The molecule has 2 saturated heterocycles. The van der Waals surface area contributed by atoms with E-state index in [9.17, 15) is 9.50 Å². The van der Waals surface area contributed by atoms with Crippen LogP contribution in [0.3, 0.4) is 0 Å². The summed E-state index contributed by atoms with van der Waals surface area (Å²) in [6.07, 6.45) is 1.55. The molecule has 0 aliphatic carbocycles. The summed E-state index contributed by atoms with van der Waals surface area (Å²) in [4.78, 5) is 7.52. The number of piperidine rings is 1. The van der Waals surface area contributed by atoms with Crippen LogP contribution in [0.1, 0.15) is 67.0 Å². The number of hydrogen-bond acceptors (Lipinski definition) is 7. The molecule has 2 unspecified atom stereocenters. The molecule has 0 radical (unpaired) electrons. The highest BCUT2D eigenvalue weighted by Gasteiger charge is 2.34. The predicted octanol–water partition coefficient (Wildman–Crippen LogP) is 6.54. The Labute approximate surface area is 261 Å². The van der Waals surface area contributed by atoms with Crippen molar-refractivity contribution in [1.29, 1.82) is 0 Å². The van der Waals surface area contributed by atoms with E-state index in [4.69, 9.17) is 35.5 Å². The number of nitrogens with zero attached hydrogens (tertiary/aromatic N) is 3. The van der Waals surface area contributed by atoms with Gasteiger partial charge in [-0.3, -0.25) is 4.90 Å². The van der Waals surface area contributed by atoms with E-state index in [1.54, 1.807) is 12.1 Å². The molecule has 232 valence electrons. The Morgan fingerprint density at radius 1 is 1.14 bits per heavy atom. The molecule has 5 atom stereocenters. The Morgan fingerprint density at radius 2 is 2.00 bits per heavy atom. The lowest BCUT2D eigenvalue weighted by Gasteiger charge is -2.39. The minimum atomic E-state index is -0.983. The molecule has 1 aromatic heterocycles. The third-order valence-electron chi connectivity index (χ3n) is 9.31. The number of methoxy groups -OCH3 is 1. The Morgan fingerprint density at radius 3 is 2.75 bits per heavy atom. The average Bonchev–Trinajstić information content (AvgIpc) is 3.34. The van der Waals surface area contributed by atoms with Crippen molar-refractivity contribution in [1.82, 2.24) is 14.5 Å². The summed E-state index contributed by atoms with van der Waals surface area (Å²) in [6.45, 7) is 5.62. The van der Waals surface area contributed by atoms with E-state index >= 15 is 0 Å². The minimum absolute atomic E-state index is 0.168. The van der Waals surface area contributed by atoms with Crippen molar-refractivity contribution >= 4 is 22.6 Å². The first-order valence-electron chi connectivity index (χ1n) is 15.3. The molecule has 0 spiro atoms. The van der Waals surface area contributed by atoms with Crippen molar-refractivity contribution in [2.45, 2.75) is 69.7 Å². The zero-order valence-electron chi connectivity index (χ0n) is 24.9. The quantitative estimate of drug-likeness (QED) is 0.224. The zero-order chi connectivity index (χ0) is 30.4. The predicted molar refractivity (Wildman–Crippen MR) is 165 cm³/mol. The molecule has 4 heterocycles. The molecule has 2 fully saturated rings. The van der Waals surface area contributed by atoms with E-state index in [2.05, 4.69) is 22.5 Å². The van der Waals surface area contributed by atoms with Gasteiger partial charge < -0.3 is 28.6 Å². The highest BCUT2D eigenvalue weighted by atomic mass is 35.5. The Kier molecular flexibility index (Phi) is 8.24. The lowest BCUT2D eigenvalue weighted by Crippen LogP contribution is -2.40. The van der Waals surface area contributed by atoms with Gasteiger partial charge in [0.2, 0.25) is 0 Å². The lowest BCUT2D eigenvalue weighted by molar-refractivity contribution is -0.0768. The smallest absolute Gasteiger partial charge is 0.180 e. The average molecular weight is 622 g/mol. The maximum Gasteiger partial charge on any atom is 0.180 e. The third-order valence-corrected chi connectivity index (χ3v) is 9.54. The van der Waals surface area contributed by atoms with Gasteiger partial charge in [0.15, 0.2) is 23.9 Å². The van der Waals surface area contributed by atoms with Crippen LogP contribution < -0.4 is 9.47 Å². The Hall–Kier alpha value is -3.21. The van der Waals surface area contributed by atoms with Crippen molar-refractivity contribution < 1.29 is 28.4 Å². The highest BCUT2D eigenvalue weighted by molar-refractivity contribution is 6.30. The molecule has 1 N–H and O–H groups in total. The van der Waals surface area contributed by atoms with Crippen LogP contribution in [0.5, 0.6) is 11.5 Å². The van der Waals surface area contributed by atoms with Gasteiger partial charge in [-0.1, -0.05) is 35.9 Å². The summed E-state index contributed by atoms with van der Waals surface area (Å²) >= 11 is 5.98. The number of fused-ring (bicyclic) bond motifs is 2. The van der Waals surface area contributed by atoms with Crippen LogP contribution in [-0.2, 0) is 22.6 Å². The lowest BCUT2D eigenvalue weighted by atomic mass is 9.85. The topological polar surface area (TPSA) is 78.2 Å². The summed E-state index contributed by atoms with van der Waals surface area (Å²) in [6, 6.07) is 16.8. The molecule has 8 nitrogen and oxygen atoms in total. The molecule has 0 amide bonds. The van der Waals surface area contributed by atoms with Crippen LogP contribution in [-0.4, -0.2) is 58.6 Å². The number of rotatable bonds is 8. The summed E-state index contributed by atoms with van der Waals surface area (Å²) < 4.78 is 40.5. The fourth-order valence-corrected chi connectivity index (χ4v) is 6.87. The first-order valence-corrected chi connectivity index (χ1v) is 15.7. The van der Waals surface area contributed by atoms with Crippen molar-refractivity contribution in [3.63, 3.8) is 0 Å². The van der Waals surface area contributed by atoms with Gasteiger partial charge in [-0.25, -0.2) is 9.37 Å². The molecule has 4 aromatic rings. The van der Waals surface area contributed by atoms with Gasteiger partial charge in [0.25, 0.3) is 0 Å². The number of hydrogen-bond donors (Lipinski definition) is 1. The number of aromatic nitrogens is 2. The number of imidazole rings is 1.